The van der Waals surface area contributed by atoms with Gasteiger partial charge in [0, 0.05) is 23.2 Å². The number of alkyl halides is 3. The van der Waals surface area contributed by atoms with Crippen LogP contribution < -0.4 is 0 Å². The monoisotopic (exact) mass is 426 g/mol. The van der Waals surface area contributed by atoms with Gasteiger partial charge >= 0.3 is 6.18 Å². The van der Waals surface area contributed by atoms with Gasteiger partial charge in [-0.1, -0.05) is 67.0 Å². The van der Waals surface area contributed by atoms with Crippen LogP contribution in [0.3, 0.4) is 0 Å². The summed E-state index contributed by atoms with van der Waals surface area (Å²) in [4.78, 5) is 12.6. The van der Waals surface area contributed by atoms with Gasteiger partial charge in [-0.3, -0.25) is 4.79 Å². The third-order valence-electron chi connectivity index (χ3n) is 4.08. The Bertz CT molecular complexity index is 758. The fourth-order valence-corrected chi connectivity index (χ4v) is 3.52. The van der Waals surface area contributed by atoms with Crippen molar-refractivity contribution in [3.8, 4) is 0 Å². The molecule has 0 bridgehead atoms. The molecule has 5 heteroatoms. The van der Waals surface area contributed by atoms with Gasteiger partial charge in [0.1, 0.15) is 5.78 Å². The van der Waals surface area contributed by atoms with Crippen LogP contribution in [-0.4, -0.2) is 5.78 Å². The van der Waals surface area contributed by atoms with Gasteiger partial charge in [0.2, 0.25) is 0 Å². The summed E-state index contributed by atoms with van der Waals surface area (Å²) in [7, 11) is 0. The third-order valence-corrected chi connectivity index (χ3v) is 4.80. The van der Waals surface area contributed by atoms with E-state index in [1.807, 2.05) is 45.0 Å². The van der Waals surface area contributed by atoms with Gasteiger partial charge in [-0.2, -0.15) is 13.2 Å². The number of carbonyl (C=O) groups excluding carboxylic acids is 1. The smallest absolute Gasteiger partial charge is 0.300 e. The highest BCUT2D eigenvalue weighted by Crippen LogP contribution is 2.36. The predicted molar refractivity (Wildman–Crippen MR) is 101 cm³/mol. The van der Waals surface area contributed by atoms with E-state index >= 15 is 0 Å². The Labute approximate surface area is 160 Å². The lowest BCUT2D eigenvalue weighted by Gasteiger charge is -2.22. The van der Waals surface area contributed by atoms with E-state index in [9.17, 15) is 18.0 Å². The van der Waals surface area contributed by atoms with Crippen molar-refractivity contribution in [3.63, 3.8) is 0 Å². The molecule has 0 aliphatic carbocycles. The van der Waals surface area contributed by atoms with Gasteiger partial charge in [0.25, 0.3) is 0 Å². The van der Waals surface area contributed by atoms with Gasteiger partial charge in [0.05, 0.1) is 5.56 Å². The predicted octanol–water partition coefficient (Wildman–Crippen LogP) is 7.00. The van der Waals surface area contributed by atoms with Crippen molar-refractivity contribution in [2.75, 3.05) is 0 Å². The highest BCUT2D eigenvalue weighted by Gasteiger charge is 2.31. The normalized spacial score (nSPS) is 13.5. The van der Waals surface area contributed by atoms with E-state index in [1.54, 1.807) is 0 Å². The maximum atomic E-state index is 12.8. The second kappa shape index (κ2) is 7.95. The van der Waals surface area contributed by atoms with Crippen LogP contribution in [0.1, 0.15) is 56.2 Å². The standard InChI is InChI=1S/C21H22BrF3O/c1-20(2,3)13-16(26)12-18(17-6-4-5-7-19(17)22)14-8-10-15(11-9-14)21(23,24)25/h4-11,18H,12-13H2,1-3H3/t18-/m0/s1. The first kappa shape index (κ1) is 20.7. The van der Waals surface area contributed by atoms with E-state index in [4.69, 9.17) is 0 Å². The Balaban J connectivity index is 2.38. The fourth-order valence-electron chi connectivity index (χ4n) is 2.96. The molecule has 0 radical (unpaired) electrons. The van der Waals surface area contributed by atoms with Crippen molar-refractivity contribution in [2.24, 2.45) is 5.41 Å². The Hall–Kier alpha value is -1.62. The number of halogens is 4. The summed E-state index contributed by atoms with van der Waals surface area (Å²) in [6, 6.07) is 12.6. The Morgan fingerprint density at radius 1 is 1.00 bits per heavy atom. The highest BCUT2D eigenvalue weighted by molar-refractivity contribution is 9.10. The average Bonchev–Trinajstić information content (AvgIpc) is 2.51. The maximum absolute atomic E-state index is 12.8. The number of ketones is 1. The van der Waals surface area contributed by atoms with E-state index in [2.05, 4.69) is 15.9 Å². The largest absolute Gasteiger partial charge is 0.416 e. The molecule has 0 fully saturated rings. The molecule has 0 heterocycles. The second-order valence-corrected chi connectivity index (χ2v) is 8.53. The van der Waals surface area contributed by atoms with Crippen LogP contribution in [0.15, 0.2) is 53.0 Å². The van der Waals surface area contributed by atoms with E-state index in [0.717, 1.165) is 22.2 Å². The molecular formula is C21H22BrF3O. The summed E-state index contributed by atoms with van der Waals surface area (Å²) >= 11 is 3.50. The van der Waals surface area contributed by atoms with Crippen LogP contribution >= 0.6 is 15.9 Å². The zero-order chi connectivity index (χ0) is 19.5. The molecule has 0 aromatic heterocycles. The quantitative estimate of drug-likeness (QED) is 0.502. The lowest BCUT2D eigenvalue weighted by molar-refractivity contribution is -0.137. The zero-order valence-electron chi connectivity index (χ0n) is 15.0. The van der Waals surface area contributed by atoms with Crippen molar-refractivity contribution >= 4 is 21.7 Å². The van der Waals surface area contributed by atoms with E-state index in [1.165, 1.54) is 12.1 Å². The van der Waals surface area contributed by atoms with Gasteiger partial charge in [-0.05, 0) is 34.7 Å². The molecule has 0 saturated carbocycles. The summed E-state index contributed by atoms with van der Waals surface area (Å²) in [5.74, 6) is -0.194. The van der Waals surface area contributed by atoms with Crippen LogP contribution in [0.5, 0.6) is 0 Å². The van der Waals surface area contributed by atoms with E-state index < -0.39 is 11.7 Å². The molecule has 2 aromatic rings. The van der Waals surface area contributed by atoms with Crippen LogP contribution in [-0.2, 0) is 11.0 Å². The molecule has 0 saturated heterocycles. The Morgan fingerprint density at radius 2 is 1.58 bits per heavy atom. The van der Waals surface area contributed by atoms with Gasteiger partial charge < -0.3 is 0 Å². The molecule has 0 amide bonds. The minimum absolute atomic E-state index is 0.0955. The molecule has 140 valence electrons. The Morgan fingerprint density at radius 3 is 2.08 bits per heavy atom. The van der Waals surface area contributed by atoms with E-state index in [0.29, 0.717) is 12.0 Å². The first-order valence-corrected chi connectivity index (χ1v) is 9.20. The average molecular weight is 427 g/mol. The van der Waals surface area contributed by atoms with Crippen LogP contribution in [0.25, 0.3) is 0 Å². The Kier molecular flexibility index (Phi) is 6.33. The molecular weight excluding hydrogens is 405 g/mol. The van der Waals surface area contributed by atoms with Crippen molar-refractivity contribution in [3.05, 3.63) is 69.7 Å². The first-order chi connectivity index (χ1) is 12.0. The summed E-state index contributed by atoms with van der Waals surface area (Å²) in [5.41, 5.74) is 0.783. The third kappa shape index (κ3) is 5.70. The molecule has 0 unspecified atom stereocenters. The van der Waals surface area contributed by atoms with Crippen LogP contribution in [0.2, 0.25) is 0 Å². The number of Topliss-reactive ketones (excluding diaryl/α,β-unsaturated/α-hetero) is 1. The fraction of sp³-hybridized carbons (Fsp3) is 0.381. The lowest BCUT2D eigenvalue weighted by atomic mass is 9.82. The molecule has 0 spiro atoms. The number of rotatable bonds is 5. The summed E-state index contributed by atoms with van der Waals surface area (Å²) in [6.45, 7) is 5.99. The maximum Gasteiger partial charge on any atom is 0.416 e. The molecule has 0 N–H and O–H groups in total. The number of hydrogen-bond acceptors (Lipinski definition) is 1. The molecule has 2 aromatic carbocycles. The molecule has 0 aliphatic rings. The van der Waals surface area contributed by atoms with Crippen molar-refractivity contribution in [2.45, 2.75) is 45.7 Å². The SMILES string of the molecule is CC(C)(C)CC(=O)C[C@@H](c1ccc(C(F)(F)F)cc1)c1ccccc1Br. The van der Waals surface area contributed by atoms with Crippen molar-refractivity contribution < 1.29 is 18.0 Å². The minimum Gasteiger partial charge on any atom is -0.300 e. The molecule has 26 heavy (non-hydrogen) atoms. The number of hydrogen-bond donors (Lipinski definition) is 0. The molecule has 1 nitrogen and oxygen atoms in total. The molecule has 2 rings (SSSR count). The molecule has 0 aliphatic heterocycles. The van der Waals surface area contributed by atoms with Crippen molar-refractivity contribution in [1.82, 2.24) is 0 Å². The summed E-state index contributed by atoms with van der Waals surface area (Å²) < 4.78 is 39.4. The van der Waals surface area contributed by atoms with E-state index in [-0.39, 0.29) is 23.5 Å². The number of benzene rings is 2. The summed E-state index contributed by atoms with van der Waals surface area (Å²) in [5, 5.41) is 0. The minimum atomic E-state index is -4.37. The lowest BCUT2D eigenvalue weighted by Crippen LogP contribution is -2.16. The van der Waals surface area contributed by atoms with Crippen LogP contribution in [0.4, 0.5) is 13.2 Å². The van der Waals surface area contributed by atoms with Crippen molar-refractivity contribution in [1.29, 1.82) is 0 Å². The van der Waals surface area contributed by atoms with Crippen LogP contribution in [0, 0.1) is 5.41 Å². The first-order valence-electron chi connectivity index (χ1n) is 8.41. The topological polar surface area (TPSA) is 17.1 Å². The molecule has 1 atom stereocenters. The number of carbonyl (C=O) groups is 1. The van der Waals surface area contributed by atoms with Gasteiger partial charge in [-0.25, -0.2) is 0 Å². The summed E-state index contributed by atoms with van der Waals surface area (Å²) in [6.07, 6.45) is -3.69. The van der Waals surface area contributed by atoms with Gasteiger partial charge in [-0.15, -0.1) is 0 Å². The second-order valence-electron chi connectivity index (χ2n) is 7.67. The van der Waals surface area contributed by atoms with Gasteiger partial charge in [0.15, 0.2) is 0 Å². The zero-order valence-corrected chi connectivity index (χ0v) is 16.6. The highest BCUT2D eigenvalue weighted by atomic mass is 79.9.